The predicted octanol–water partition coefficient (Wildman–Crippen LogP) is 4.73. The fourth-order valence-corrected chi connectivity index (χ4v) is 17.0. The molecule has 11 saturated heterocycles. The predicted molar refractivity (Wildman–Crippen MR) is 336 cm³/mol. The second kappa shape index (κ2) is 28.6. The van der Waals surface area contributed by atoms with Crippen molar-refractivity contribution in [2.45, 2.75) is 338 Å². The first-order chi connectivity index (χ1) is 46.7. The van der Waals surface area contributed by atoms with Crippen LogP contribution in [0.5, 0.6) is 11.5 Å². The number of fused-ring (bicyclic) bond motifs is 4. The van der Waals surface area contributed by atoms with Crippen LogP contribution in [0.25, 0.3) is 0 Å². The van der Waals surface area contributed by atoms with E-state index < -0.39 is 200 Å². The van der Waals surface area contributed by atoms with Crippen LogP contribution < -0.4 is 4.74 Å². The van der Waals surface area contributed by atoms with Crippen molar-refractivity contribution in [1.29, 1.82) is 0 Å². The number of rotatable bonds is 17. The zero-order valence-electron chi connectivity index (χ0n) is 60.1. The van der Waals surface area contributed by atoms with Gasteiger partial charge in [0.25, 0.3) is 11.5 Å². The van der Waals surface area contributed by atoms with Gasteiger partial charge >= 0.3 is 11.9 Å². The van der Waals surface area contributed by atoms with E-state index in [1.807, 2.05) is 34.6 Å². The molecule has 0 aliphatic carbocycles. The van der Waals surface area contributed by atoms with E-state index in [0.717, 1.165) is 0 Å². The molecular weight excluding hydrogens is 1310 g/mol. The molecule has 2 spiro atoms. The number of esters is 1. The zero-order valence-corrected chi connectivity index (χ0v) is 60.1. The van der Waals surface area contributed by atoms with Crippen molar-refractivity contribution in [2.24, 2.45) is 17.3 Å². The SMILES string of the molecule is CCC1OC(OC2OCC3OC4(OC3C2C)OC(C)C(C)(C)C2OCOC24)CC(O)C1OC1OC(C)C(OC)C(OC2OC(C)C3OC4(CC(O)C(OC5CC(OC6CC(C)([N+](=O)[O-])C(OC)C(C)O6)C(OC(=O)c6c(C)c(C)c(O)c(C)c6OC)C(C)O5)C(C)O4)OC3(C)C2C)C1O. The zero-order chi connectivity index (χ0) is 71.7. The van der Waals surface area contributed by atoms with Crippen LogP contribution in [0.3, 0.4) is 0 Å². The van der Waals surface area contributed by atoms with Crippen LogP contribution in [-0.2, 0) is 104 Å². The van der Waals surface area contributed by atoms with Crippen molar-refractivity contribution >= 4 is 5.97 Å². The highest BCUT2D eigenvalue weighted by atomic mass is 16.9. The van der Waals surface area contributed by atoms with Gasteiger partial charge in [-0.1, -0.05) is 34.6 Å². The van der Waals surface area contributed by atoms with Gasteiger partial charge in [-0.2, -0.15) is 0 Å². The van der Waals surface area contributed by atoms with E-state index in [0.29, 0.717) is 23.1 Å². The van der Waals surface area contributed by atoms with Gasteiger partial charge in [0.2, 0.25) is 0 Å². The van der Waals surface area contributed by atoms with Gasteiger partial charge in [-0.15, -0.1) is 0 Å². The van der Waals surface area contributed by atoms with Crippen LogP contribution >= 0.6 is 0 Å². The Morgan fingerprint density at radius 2 is 1.30 bits per heavy atom. The molecule has 0 bridgehead atoms. The number of hydrogen-bond donors (Lipinski definition) is 4. The summed E-state index contributed by atoms with van der Waals surface area (Å²) in [7, 11) is 4.24. The standard InChI is InChI=1S/C68H105NO30/c1-20-40-54(38(70)21-43(87-40)90-61-30(5)49-42(25-80-61)96-68(97-49)59-58(81-26-82-59)64(13,14)37(12)95-68)92-63-48(73)55(53(78-18)33(8)85-63)93-62-31(6)66(16)57(36(11)86-62)98-67(99-66)23-39(71)51(34(9)94-67)89-44-22-41(88-45-24-65(15,69(75)76)56(79-19)35(10)84-45)52(32(7)83-44)91-60(74)46-27(2)28(3)47(72)29(4)50(46)77-17/h30-45,48-49,51-59,61-63,70-73H,20-26H2,1-19H3. The Hall–Kier alpha value is -3.27. The number of hydrogen-bond acceptors (Lipinski definition) is 30. The van der Waals surface area contributed by atoms with Gasteiger partial charge in [-0.25, -0.2) is 4.79 Å². The van der Waals surface area contributed by atoms with Crippen molar-refractivity contribution < 1.29 is 139 Å². The Balaban J connectivity index is 0.683. The number of nitro groups is 1. The Morgan fingerprint density at radius 1 is 0.626 bits per heavy atom. The van der Waals surface area contributed by atoms with Crippen molar-refractivity contribution in [3.05, 3.63) is 32.4 Å². The van der Waals surface area contributed by atoms with Crippen LogP contribution in [0.4, 0.5) is 0 Å². The number of ether oxygens (including phenoxy) is 23. The van der Waals surface area contributed by atoms with E-state index in [9.17, 15) is 35.3 Å². The number of aliphatic hydroxyl groups is 3. The number of aromatic hydroxyl groups is 1. The Morgan fingerprint density at radius 3 is 1.98 bits per heavy atom. The molecule has 31 heteroatoms. The minimum absolute atomic E-state index is 0.0111. The van der Waals surface area contributed by atoms with E-state index >= 15 is 0 Å². The van der Waals surface area contributed by atoms with Crippen LogP contribution in [0, 0.1) is 48.1 Å². The van der Waals surface area contributed by atoms with E-state index in [4.69, 9.17) is 109 Å². The molecule has 0 radical (unpaired) electrons. The molecular formula is C68H105NO30. The molecule has 0 amide bonds. The number of carbonyl (C=O) groups excluding carboxylic acids is 1. The van der Waals surface area contributed by atoms with Crippen LogP contribution in [0.1, 0.15) is 149 Å². The molecule has 0 aromatic heterocycles. The molecule has 34 unspecified atom stereocenters. The topological polar surface area (TPSA) is 353 Å². The summed E-state index contributed by atoms with van der Waals surface area (Å²) < 4.78 is 147. The summed E-state index contributed by atoms with van der Waals surface area (Å²) in [6.07, 6.45) is -25.6. The molecule has 34 atom stereocenters. The molecule has 1 aromatic carbocycles. The van der Waals surface area contributed by atoms with Gasteiger partial charge in [-0.05, 0) is 86.8 Å². The third-order valence-corrected chi connectivity index (χ3v) is 23.2. The lowest BCUT2D eigenvalue weighted by atomic mass is 9.76. The van der Waals surface area contributed by atoms with Gasteiger partial charge in [-0.3, -0.25) is 10.1 Å². The third-order valence-electron chi connectivity index (χ3n) is 23.2. The fraction of sp³-hybridized carbons (Fsp3) is 0.897. The highest BCUT2D eigenvalue weighted by Gasteiger charge is 2.70. The fourth-order valence-electron chi connectivity index (χ4n) is 17.0. The minimum Gasteiger partial charge on any atom is -0.507 e. The summed E-state index contributed by atoms with van der Waals surface area (Å²) in [6.45, 7) is 28.8. The third kappa shape index (κ3) is 13.4. The van der Waals surface area contributed by atoms with Gasteiger partial charge in [0.05, 0.1) is 87.6 Å². The van der Waals surface area contributed by atoms with Crippen LogP contribution in [0.15, 0.2) is 0 Å². The van der Waals surface area contributed by atoms with E-state index in [-0.39, 0.29) is 79.7 Å². The number of carbonyl (C=O) groups is 1. The molecule has 99 heavy (non-hydrogen) atoms. The van der Waals surface area contributed by atoms with Crippen LogP contribution in [0.2, 0.25) is 0 Å². The second-order valence-electron chi connectivity index (χ2n) is 30.0. The van der Waals surface area contributed by atoms with E-state index in [1.165, 1.54) is 28.3 Å². The van der Waals surface area contributed by atoms with Crippen molar-refractivity contribution in [3.63, 3.8) is 0 Å². The van der Waals surface area contributed by atoms with Gasteiger partial charge in [0.15, 0.2) is 56.1 Å². The molecule has 11 fully saturated rings. The van der Waals surface area contributed by atoms with Gasteiger partial charge in [0.1, 0.15) is 84.4 Å². The summed E-state index contributed by atoms with van der Waals surface area (Å²) in [4.78, 5) is 26.6. The normalized spacial score (nSPS) is 49.6. The monoisotopic (exact) mass is 1420 g/mol. The maximum absolute atomic E-state index is 14.4. The number of benzene rings is 1. The molecule has 12 rings (SSSR count). The Bertz CT molecular complexity index is 3030. The summed E-state index contributed by atoms with van der Waals surface area (Å²) in [5.41, 5.74) is -1.92. The van der Waals surface area contributed by atoms with Gasteiger partial charge in [0, 0.05) is 61.7 Å². The molecule has 31 nitrogen and oxygen atoms in total. The summed E-state index contributed by atoms with van der Waals surface area (Å²) in [5, 5.41) is 59.9. The maximum atomic E-state index is 14.4. The summed E-state index contributed by atoms with van der Waals surface area (Å²) in [6, 6.07) is 0. The molecule has 1 aromatic rings. The first-order valence-corrected chi connectivity index (χ1v) is 35.0. The first-order valence-electron chi connectivity index (χ1n) is 35.0. The lowest BCUT2D eigenvalue weighted by Gasteiger charge is -2.50. The second-order valence-corrected chi connectivity index (χ2v) is 30.0. The quantitative estimate of drug-likeness (QED) is 0.0930. The van der Waals surface area contributed by atoms with E-state index in [2.05, 4.69) is 13.8 Å². The molecule has 11 heterocycles. The largest absolute Gasteiger partial charge is 0.507 e. The lowest BCUT2D eigenvalue weighted by Crippen LogP contribution is -2.65. The van der Waals surface area contributed by atoms with Crippen molar-refractivity contribution in [3.8, 4) is 11.5 Å². The van der Waals surface area contributed by atoms with Crippen LogP contribution in [-0.4, -0.2) is 261 Å². The molecule has 11 aliphatic heterocycles. The molecule has 0 saturated carbocycles. The molecule has 11 aliphatic rings. The number of nitrogens with zero attached hydrogens (tertiary/aromatic N) is 1. The van der Waals surface area contributed by atoms with Crippen molar-refractivity contribution in [2.75, 3.05) is 34.7 Å². The molecule has 562 valence electrons. The number of phenols is 1. The number of aliphatic hydroxyl groups excluding tert-OH is 3. The summed E-state index contributed by atoms with van der Waals surface area (Å²) in [5.74, 6) is -5.04. The maximum Gasteiger partial charge on any atom is 0.342 e. The molecule has 4 N–H and O–H groups in total. The first kappa shape index (κ1) is 75.4. The van der Waals surface area contributed by atoms with Gasteiger partial charge < -0.3 is 129 Å². The average Bonchev–Trinajstić information content (AvgIpc) is 1.58. The van der Waals surface area contributed by atoms with E-state index in [1.54, 1.807) is 55.4 Å². The smallest absolute Gasteiger partial charge is 0.342 e. The Kier molecular flexibility index (Phi) is 21.7. The Labute approximate surface area is 577 Å². The minimum atomic E-state index is -1.82. The highest BCUT2D eigenvalue weighted by Crippen LogP contribution is 2.55. The summed E-state index contributed by atoms with van der Waals surface area (Å²) >= 11 is 0. The highest BCUT2D eigenvalue weighted by molar-refractivity contribution is 5.96. The number of methoxy groups -OCH3 is 3. The average molecular weight is 1420 g/mol. The lowest BCUT2D eigenvalue weighted by molar-refractivity contribution is -0.595. The van der Waals surface area contributed by atoms with Crippen molar-refractivity contribution in [1.82, 2.24) is 0 Å². The number of phenolic OH excluding ortho intramolecular Hbond substituents is 1.